The number of rotatable bonds is 6. The number of benzene rings is 1. The maximum atomic E-state index is 4.68. The molecule has 1 aliphatic heterocycles. The minimum atomic E-state index is 0.559. The summed E-state index contributed by atoms with van der Waals surface area (Å²) >= 11 is 0. The fraction of sp³-hybridized carbons (Fsp3) is 0.455. The Kier molecular flexibility index (Phi) is 5.12. The summed E-state index contributed by atoms with van der Waals surface area (Å²) in [5, 5.41) is 12.5. The van der Waals surface area contributed by atoms with Crippen LogP contribution in [0.5, 0.6) is 0 Å². The van der Waals surface area contributed by atoms with Gasteiger partial charge in [0.2, 0.25) is 0 Å². The lowest BCUT2D eigenvalue weighted by atomic mass is 9.93. The molecule has 142 valence electrons. The molecule has 0 unspecified atom stereocenters. The normalized spacial score (nSPS) is 14.7. The largest absolute Gasteiger partial charge is 0.294 e. The van der Waals surface area contributed by atoms with Crippen molar-refractivity contribution < 1.29 is 0 Å². The molecular formula is C22H29N5. The van der Waals surface area contributed by atoms with Gasteiger partial charge in [0.15, 0.2) is 0 Å². The molecule has 5 nitrogen and oxygen atoms in total. The van der Waals surface area contributed by atoms with Crippen molar-refractivity contribution in [1.82, 2.24) is 24.9 Å². The van der Waals surface area contributed by atoms with Crippen LogP contribution in [0.25, 0.3) is 11.3 Å². The van der Waals surface area contributed by atoms with Crippen molar-refractivity contribution in [2.45, 2.75) is 52.1 Å². The second kappa shape index (κ2) is 7.69. The first-order valence-electron chi connectivity index (χ1n) is 10.1. The minimum absolute atomic E-state index is 0.559. The predicted octanol–water partition coefficient (Wildman–Crippen LogP) is 4.27. The molecule has 0 bridgehead atoms. The number of nitrogens with one attached hydrogen (secondary N) is 1. The van der Waals surface area contributed by atoms with E-state index in [9.17, 15) is 0 Å². The molecule has 1 aromatic carbocycles. The van der Waals surface area contributed by atoms with Crippen molar-refractivity contribution in [1.29, 1.82) is 0 Å². The van der Waals surface area contributed by atoms with E-state index in [1.807, 2.05) is 17.9 Å². The first kappa shape index (κ1) is 18.0. The molecule has 27 heavy (non-hydrogen) atoms. The average molecular weight is 364 g/mol. The molecule has 0 atom stereocenters. The van der Waals surface area contributed by atoms with Gasteiger partial charge < -0.3 is 0 Å². The number of hydrogen-bond donors (Lipinski definition) is 1. The fourth-order valence-electron chi connectivity index (χ4n) is 4.33. The van der Waals surface area contributed by atoms with E-state index in [4.69, 9.17) is 0 Å². The predicted molar refractivity (Wildman–Crippen MR) is 108 cm³/mol. The van der Waals surface area contributed by atoms with Crippen LogP contribution >= 0.6 is 0 Å². The van der Waals surface area contributed by atoms with Gasteiger partial charge >= 0.3 is 0 Å². The van der Waals surface area contributed by atoms with Gasteiger partial charge in [-0.3, -0.25) is 14.7 Å². The summed E-state index contributed by atoms with van der Waals surface area (Å²) in [7, 11) is 2.03. The number of hydrogen-bond acceptors (Lipinski definition) is 3. The topological polar surface area (TPSA) is 49.7 Å². The van der Waals surface area contributed by atoms with Crippen LogP contribution in [0.3, 0.4) is 0 Å². The lowest BCUT2D eigenvalue weighted by Crippen LogP contribution is -2.30. The molecule has 0 amide bonds. The summed E-state index contributed by atoms with van der Waals surface area (Å²) in [6.45, 7) is 7.47. The second-order valence-electron chi connectivity index (χ2n) is 7.55. The van der Waals surface area contributed by atoms with Gasteiger partial charge in [0.05, 0.1) is 17.6 Å². The third kappa shape index (κ3) is 3.44. The van der Waals surface area contributed by atoms with E-state index in [1.165, 1.54) is 33.8 Å². The van der Waals surface area contributed by atoms with Gasteiger partial charge in [-0.25, -0.2) is 0 Å². The number of aryl methyl sites for hydroxylation is 1. The van der Waals surface area contributed by atoms with Crippen molar-refractivity contribution in [3.8, 4) is 11.3 Å². The monoisotopic (exact) mass is 363 g/mol. The summed E-state index contributed by atoms with van der Waals surface area (Å²) in [6.07, 6.45) is 5.36. The third-order valence-corrected chi connectivity index (χ3v) is 5.87. The van der Waals surface area contributed by atoms with E-state index in [0.29, 0.717) is 5.92 Å². The number of H-pyrrole nitrogens is 1. The van der Waals surface area contributed by atoms with Gasteiger partial charge in [0.1, 0.15) is 0 Å². The third-order valence-electron chi connectivity index (χ3n) is 5.87. The molecule has 1 N–H and O–H groups in total. The molecule has 3 heterocycles. The van der Waals surface area contributed by atoms with Gasteiger partial charge in [-0.1, -0.05) is 44.2 Å². The second-order valence-corrected chi connectivity index (χ2v) is 7.55. The van der Waals surface area contributed by atoms with E-state index in [0.717, 1.165) is 38.9 Å². The molecule has 0 aliphatic carbocycles. The van der Waals surface area contributed by atoms with E-state index < -0.39 is 0 Å². The molecule has 0 saturated heterocycles. The lowest BCUT2D eigenvalue weighted by molar-refractivity contribution is 0.243. The van der Waals surface area contributed by atoms with Crippen LogP contribution in [-0.2, 0) is 26.6 Å². The summed E-state index contributed by atoms with van der Waals surface area (Å²) in [4.78, 5) is 2.53. The lowest BCUT2D eigenvalue weighted by Gasteiger charge is -2.28. The van der Waals surface area contributed by atoms with Crippen LogP contribution < -0.4 is 0 Å². The highest BCUT2D eigenvalue weighted by Crippen LogP contribution is 2.31. The zero-order valence-corrected chi connectivity index (χ0v) is 16.6. The molecule has 4 rings (SSSR count). The van der Waals surface area contributed by atoms with Crippen LogP contribution in [0.2, 0.25) is 0 Å². The van der Waals surface area contributed by atoms with E-state index in [1.54, 1.807) is 0 Å². The van der Waals surface area contributed by atoms with Crippen molar-refractivity contribution >= 4 is 0 Å². The summed E-state index contributed by atoms with van der Waals surface area (Å²) in [5.74, 6) is 0.559. The van der Waals surface area contributed by atoms with E-state index in [2.05, 4.69) is 64.4 Å². The quantitative estimate of drug-likeness (QED) is 0.711. The Morgan fingerprint density at radius 3 is 2.67 bits per heavy atom. The van der Waals surface area contributed by atoms with E-state index in [-0.39, 0.29) is 0 Å². The number of fused-ring (bicyclic) bond motifs is 1. The molecule has 0 spiro atoms. The first-order valence-corrected chi connectivity index (χ1v) is 10.1. The fourth-order valence-corrected chi connectivity index (χ4v) is 4.33. The van der Waals surface area contributed by atoms with Crippen LogP contribution in [0.4, 0.5) is 0 Å². The van der Waals surface area contributed by atoms with Crippen molar-refractivity contribution in [3.63, 3.8) is 0 Å². The average Bonchev–Trinajstić information content (AvgIpc) is 3.27. The Morgan fingerprint density at radius 1 is 1.15 bits per heavy atom. The first-order chi connectivity index (χ1) is 13.2. The molecule has 3 aromatic rings. The molecule has 0 fully saturated rings. The zero-order valence-electron chi connectivity index (χ0n) is 16.6. The van der Waals surface area contributed by atoms with Gasteiger partial charge in [0.25, 0.3) is 0 Å². The maximum absolute atomic E-state index is 4.68. The van der Waals surface area contributed by atoms with Gasteiger partial charge in [-0.2, -0.15) is 10.2 Å². The zero-order chi connectivity index (χ0) is 18.8. The number of aromatic amines is 1. The highest BCUT2D eigenvalue weighted by atomic mass is 15.3. The Bertz CT molecular complexity index is 889. The summed E-state index contributed by atoms with van der Waals surface area (Å²) in [6, 6.07) is 10.6. The SMILES string of the molecule is CCC(CC)c1n[nH]c2c1CN(Cc1cnn(C)c1-c1ccccc1)CC2. The Labute approximate surface area is 161 Å². The van der Waals surface area contributed by atoms with Crippen LogP contribution in [0.1, 0.15) is 55.1 Å². The Morgan fingerprint density at radius 2 is 1.93 bits per heavy atom. The number of nitrogens with zero attached hydrogens (tertiary/aromatic N) is 4. The molecular weight excluding hydrogens is 334 g/mol. The molecule has 0 saturated carbocycles. The van der Waals surface area contributed by atoms with Gasteiger partial charge in [0, 0.05) is 61.4 Å². The minimum Gasteiger partial charge on any atom is -0.294 e. The maximum Gasteiger partial charge on any atom is 0.0723 e. The summed E-state index contributed by atoms with van der Waals surface area (Å²) in [5.41, 5.74) is 7.79. The highest BCUT2D eigenvalue weighted by Gasteiger charge is 2.26. The van der Waals surface area contributed by atoms with Crippen LogP contribution in [-0.4, -0.2) is 31.4 Å². The van der Waals surface area contributed by atoms with Crippen LogP contribution in [0, 0.1) is 0 Å². The van der Waals surface area contributed by atoms with Crippen molar-refractivity contribution in [2.75, 3.05) is 6.54 Å². The molecule has 2 aromatic heterocycles. The standard InChI is InChI=1S/C22H29N5/c1-4-16(5-2)21-19-15-27(12-11-20(19)24-25-21)14-18-13-23-26(3)22(18)17-9-7-6-8-10-17/h6-10,13,16H,4-5,11-12,14-15H2,1-3H3,(H,24,25). The smallest absolute Gasteiger partial charge is 0.0723 e. The van der Waals surface area contributed by atoms with Crippen LogP contribution in [0.15, 0.2) is 36.5 Å². The van der Waals surface area contributed by atoms with Crippen molar-refractivity contribution in [3.05, 3.63) is 59.0 Å². The Balaban J connectivity index is 1.57. The Hall–Kier alpha value is -2.40. The van der Waals surface area contributed by atoms with Crippen molar-refractivity contribution in [2.24, 2.45) is 7.05 Å². The van der Waals surface area contributed by atoms with Gasteiger partial charge in [-0.05, 0) is 12.8 Å². The number of aromatic nitrogens is 4. The highest BCUT2D eigenvalue weighted by molar-refractivity contribution is 5.63. The molecule has 0 radical (unpaired) electrons. The molecule has 1 aliphatic rings. The van der Waals surface area contributed by atoms with Gasteiger partial charge in [-0.15, -0.1) is 0 Å². The molecule has 5 heteroatoms. The summed E-state index contributed by atoms with van der Waals surface area (Å²) < 4.78 is 1.99. The van der Waals surface area contributed by atoms with E-state index >= 15 is 0 Å².